The molecule has 154 valence electrons. The highest BCUT2D eigenvalue weighted by Crippen LogP contribution is 2.19. The molecule has 0 saturated carbocycles. The van der Waals surface area contributed by atoms with Gasteiger partial charge in [0.1, 0.15) is 0 Å². The molecular formula is C22H29BrO4S. The quantitative estimate of drug-likeness (QED) is 0.365. The van der Waals surface area contributed by atoms with Crippen LogP contribution in [0.1, 0.15) is 30.4 Å². The molecular weight excluding hydrogens is 440 g/mol. The predicted molar refractivity (Wildman–Crippen MR) is 117 cm³/mol. The van der Waals surface area contributed by atoms with Crippen LogP contribution in [-0.4, -0.2) is 43.8 Å². The lowest BCUT2D eigenvalue weighted by Crippen LogP contribution is -2.36. The Kier molecular flexibility index (Phi) is 10.4. The van der Waals surface area contributed by atoms with E-state index in [0.29, 0.717) is 24.5 Å². The molecule has 2 rings (SSSR count). The topological polar surface area (TPSA) is 66.8 Å². The Morgan fingerprint density at radius 3 is 2.36 bits per heavy atom. The molecule has 0 spiro atoms. The molecule has 0 heterocycles. The Morgan fingerprint density at radius 2 is 1.68 bits per heavy atom. The third-order valence-corrected chi connectivity index (χ3v) is 7.15. The minimum absolute atomic E-state index is 0.0935. The van der Waals surface area contributed by atoms with Gasteiger partial charge in [0.05, 0.1) is 40.2 Å². The van der Waals surface area contributed by atoms with Gasteiger partial charge in [-0.05, 0) is 43.9 Å². The van der Waals surface area contributed by atoms with Crippen molar-refractivity contribution in [2.45, 2.75) is 54.7 Å². The maximum Gasteiger partial charge on any atom is 0.0808 e. The zero-order valence-electron chi connectivity index (χ0n) is 16.2. The molecule has 2 aromatic rings. The summed E-state index contributed by atoms with van der Waals surface area (Å²) in [5.41, 5.74) is 2.25. The number of hydrogen-bond donors (Lipinski definition) is 2. The van der Waals surface area contributed by atoms with E-state index in [-0.39, 0.29) is 5.75 Å². The maximum absolute atomic E-state index is 12.4. The third kappa shape index (κ3) is 8.13. The number of ether oxygens (including phenoxy) is 1. The molecule has 0 saturated heterocycles. The lowest BCUT2D eigenvalue weighted by molar-refractivity contribution is 0.0875. The highest BCUT2D eigenvalue weighted by Gasteiger charge is 2.26. The number of unbranched alkanes of at least 4 members (excludes halogenated alkanes) is 1. The van der Waals surface area contributed by atoms with Gasteiger partial charge in [-0.2, -0.15) is 0 Å². The van der Waals surface area contributed by atoms with Crippen LogP contribution in [0.25, 0.3) is 0 Å². The van der Waals surface area contributed by atoms with Crippen molar-refractivity contribution in [3.05, 3.63) is 65.7 Å². The predicted octanol–water partition coefficient (Wildman–Crippen LogP) is 3.98. The van der Waals surface area contributed by atoms with Crippen molar-refractivity contribution in [2.24, 2.45) is 0 Å². The largest absolute Gasteiger partial charge is 0.392 e. The standard InChI is InChI=1S/C22H29BrO4S/c1-17-10-12-19(13-11-17)28(26)16-21(25)22(23)20(24)9-5-6-14-27-15-18-7-3-2-4-8-18/h2-4,7-8,10-13,20-22,24-25H,5-6,9,14-16H2,1H3/t20-,21+,22-,28?/m1/s1. The first-order valence-corrected chi connectivity index (χ1v) is 11.8. The number of alkyl halides is 1. The van der Waals surface area contributed by atoms with Crippen LogP contribution < -0.4 is 0 Å². The lowest BCUT2D eigenvalue weighted by atomic mass is 10.1. The molecule has 0 aliphatic carbocycles. The summed E-state index contributed by atoms with van der Waals surface area (Å²) in [6.45, 7) is 3.20. The van der Waals surface area contributed by atoms with Crippen molar-refractivity contribution >= 4 is 26.7 Å². The van der Waals surface area contributed by atoms with Gasteiger partial charge in [0.25, 0.3) is 0 Å². The van der Waals surface area contributed by atoms with Gasteiger partial charge in [0.2, 0.25) is 0 Å². The molecule has 2 aromatic carbocycles. The fourth-order valence-electron chi connectivity index (χ4n) is 2.77. The van der Waals surface area contributed by atoms with Gasteiger partial charge in [-0.3, -0.25) is 4.21 Å². The first-order valence-electron chi connectivity index (χ1n) is 9.54. The average Bonchev–Trinajstić information content (AvgIpc) is 2.71. The molecule has 0 aromatic heterocycles. The first-order chi connectivity index (χ1) is 13.5. The van der Waals surface area contributed by atoms with E-state index in [1.54, 1.807) is 0 Å². The van der Waals surface area contributed by atoms with Crippen molar-refractivity contribution < 1.29 is 19.2 Å². The molecule has 0 aliphatic rings. The van der Waals surface area contributed by atoms with Crippen molar-refractivity contribution in [3.63, 3.8) is 0 Å². The smallest absolute Gasteiger partial charge is 0.0808 e. The van der Waals surface area contributed by atoms with Gasteiger partial charge in [0, 0.05) is 11.5 Å². The molecule has 4 atom stereocenters. The van der Waals surface area contributed by atoms with Crippen LogP contribution in [0.3, 0.4) is 0 Å². The van der Waals surface area contributed by atoms with Gasteiger partial charge >= 0.3 is 0 Å². The van der Waals surface area contributed by atoms with Crippen LogP contribution in [0, 0.1) is 6.92 Å². The molecule has 0 aliphatic heterocycles. The summed E-state index contributed by atoms with van der Waals surface area (Å²) in [5.74, 6) is 0.0935. The van der Waals surface area contributed by atoms with Crippen LogP contribution in [-0.2, 0) is 22.1 Å². The van der Waals surface area contributed by atoms with Gasteiger partial charge in [0.15, 0.2) is 0 Å². The van der Waals surface area contributed by atoms with Crippen LogP contribution in [0.15, 0.2) is 59.5 Å². The summed E-state index contributed by atoms with van der Waals surface area (Å²) in [7, 11) is -1.30. The molecule has 0 bridgehead atoms. The van der Waals surface area contributed by atoms with Crippen LogP contribution in [0.4, 0.5) is 0 Å². The van der Waals surface area contributed by atoms with E-state index in [1.165, 1.54) is 0 Å². The van der Waals surface area contributed by atoms with E-state index in [4.69, 9.17) is 4.74 Å². The van der Waals surface area contributed by atoms with Crippen LogP contribution in [0.2, 0.25) is 0 Å². The molecule has 2 N–H and O–H groups in total. The Labute approximate surface area is 178 Å². The Bertz CT molecular complexity index is 708. The van der Waals surface area contributed by atoms with Crippen molar-refractivity contribution in [1.82, 2.24) is 0 Å². The summed E-state index contributed by atoms with van der Waals surface area (Å²) >= 11 is 3.37. The van der Waals surface area contributed by atoms with E-state index >= 15 is 0 Å². The molecule has 28 heavy (non-hydrogen) atoms. The van der Waals surface area contributed by atoms with Crippen molar-refractivity contribution in [1.29, 1.82) is 0 Å². The Hall–Kier alpha value is -1.05. The first kappa shape index (κ1) is 23.2. The zero-order chi connectivity index (χ0) is 20.4. The molecule has 6 heteroatoms. The minimum atomic E-state index is -1.30. The number of aryl methyl sites for hydroxylation is 1. The number of hydrogen-bond acceptors (Lipinski definition) is 4. The molecule has 1 unspecified atom stereocenters. The van der Waals surface area contributed by atoms with Gasteiger partial charge < -0.3 is 14.9 Å². The van der Waals surface area contributed by atoms with E-state index in [0.717, 1.165) is 24.0 Å². The second-order valence-electron chi connectivity index (χ2n) is 6.94. The summed E-state index contributed by atoms with van der Waals surface area (Å²) in [6, 6.07) is 17.4. The summed E-state index contributed by atoms with van der Waals surface area (Å²) < 4.78 is 18.0. The second kappa shape index (κ2) is 12.5. The molecule has 0 radical (unpaired) electrons. The Morgan fingerprint density at radius 1 is 1.00 bits per heavy atom. The fourth-order valence-corrected chi connectivity index (χ4v) is 4.62. The summed E-state index contributed by atoms with van der Waals surface area (Å²) in [6.07, 6.45) is 0.616. The van der Waals surface area contributed by atoms with Crippen molar-refractivity contribution in [2.75, 3.05) is 12.4 Å². The Balaban J connectivity index is 1.63. The van der Waals surface area contributed by atoms with Crippen LogP contribution in [0.5, 0.6) is 0 Å². The highest BCUT2D eigenvalue weighted by atomic mass is 79.9. The maximum atomic E-state index is 12.4. The van der Waals surface area contributed by atoms with Gasteiger partial charge in [-0.25, -0.2) is 0 Å². The molecule has 4 nitrogen and oxygen atoms in total. The number of aliphatic hydroxyl groups excluding tert-OH is 2. The van der Waals surface area contributed by atoms with Gasteiger partial charge in [-0.1, -0.05) is 64.0 Å². The molecule has 0 amide bonds. The highest BCUT2D eigenvalue weighted by molar-refractivity contribution is 9.09. The summed E-state index contributed by atoms with van der Waals surface area (Å²) in [5, 5.41) is 20.6. The summed E-state index contributed by atoms with van der Waals surface area (Å²) in [4.78, 5) is 0.182. The SMILES string of the molecule is Cc1ccc(S(=O)C[C@H](O)[C@H](Br)[C@H](O)CCCCOCc2ccccc2)cc1. The lowest BCUT2D eigenvalue weighted by Gasteiger charge is -2.22. The van der Waals surface area contributed by atoms with E-state index < -0.39 is 27.8 Å². The third-order valence-electron chi connectivity index (χ3n) is 4.49. The average molecular weight is 469 g/mol. The van der Waals surface area contributed by atoms with Crippen molar-refractivity contribution in [3.8, 4) is 0 Å². The number of benzene rings is 2. The zero-order valence-corrected chi connectivity index (χ0v) is 18.6. The van der Waals surface area contributed by atoms with E-state index in [9.17, 15) is 14.4 Å². The molecule has 0 fully saturated rings. The monoisotopic (exact) mass is 468 g/mol. The normalized spacial score (nSPS) is 15.7. The second-order valence-corrected chi connectivity index (χ2v) is 9.49. The van der Waals surface area contributed by atoms with E-state index in [1.807, 2.05) is 61.5 Å². The minimum Gasteiger partial charge on any atom is -0.392 e. The van der Waals surface area contributed by atoms with Gasteiger partial charge in [-0.15, -0.1) is 0 Å². The number of aliphatic hydroxyl groups is 2. The number of rotatable bonds is 12. The van der Waals surface area contributed by atoms with E-state index in [2.05, 4.69) is 15.9 Å². The van der Waals surface area contributed by atoms with Crippen LogP contribution >= 0.6 is 15.9 Å². The number of halogens is 1. The fraction of sp³-hybridized carbons (Fsp3) is 0.455.